The van der Waals surface area contributed by atoms with Gasteiger partial charge in [0.15, 0.2) is 0 Å². The summed E-state index contributed by atoms with van der Waals surface area (Å²) in [6.07, 6.45) is 6.93. The van der Waals surface area contributed by atoms with Crippen molar-refractivity contribution in [3.8, 4) is 0 Å². The Kier molecular flexibility index (Phi) is 4.93. The van der Waals surface area contributed by atoms with Gasteiger partial charge in [-0.1, -0.05) is 35.9 Å². The van der Waals surface area contributed by atoms with Gasteiger partial charge in [0.25, 0.3) is 5.91 Å². The van der Waals surface area contributed by atoms with Crippen LogP contribution in [0.2, 0.25) is 0 Å². The van der Waals surface area contributed by atoms with Gasteiger partial charge in [-0.25, -0.2) is 0 Å². The number of aromatic nitrogens is 3. The maximum absolute atomic E-state index is 13.1. The maximum atomic E-state index is 13.1. The molecule has 0 N–H and O–H groups in total. The zero-order valence-corrected chi connectivity index (χ0v) is 14.8. The number of carbonyl (C=O) groups excluding carboxylic acids is 1. The minimum absolute atomic E-state index is 0.0370. The summed E-state index contributed by atoms with van der Waals surface area (Å²) in [5.74, 6) is -0.0370. The Morgan fingerprint density at radius 2 is 1.92 bits per heavy atom. The molecule has 128 valence electrons. The molecule has 0 radical (unpaired) electrons. The van der Waals surface area contributed by atoms with Gasteiger partial charge >= 0.3 is 0 Å². The van der Waals surface area contributed by atoms with Crippen LogP contribution >= 0.6 is 0 Å². The lowest BCUT2D eigenvalue weighted by molar-refractivity contribution is 0.0717. The van der Waals surface area contributed by atoms with E-state index in [0.29, 0.717) is 12.1 Å². The van der Waals surface area contributed by atoms with Crippen molar-refractivity contribution in [1.29, 1.82) is 0 Å². The zero-order valence-electron chi connectivity index (χ0n) is 14.8. The molecule has 2 heterocycles. The van der Waals surface area contributed by atoms with E-state index in [-0.39, 0.29) is 11.9 Å². The number of benzene rings is 1. The minimum atomic E-state index is -0.188. The predicted octanol–water partition coefficient (Wildman–Crippen LogP) is 3.38. The molecule has 0 aliphatic heterocycles. The number of nitrogens with zero attached hydrogens (tertiary/aromatic N) is 4. The number of carbonyl (C=O) groups is 1. The summed E-state index contributed by atoms with van der Waals surface area (Å²) in [6, 6.07) is 12.0. The Hall–Kier alpha value is -2.95. The first-order chi connectivity index (χ1) is 12.1. The van der Waals surface area contributed by atoms with Gasteiger partial charge in [0.2, 0.25) is 0 Å². The lowest BCUT2D eigenvalue weighted by Crippen LogP contribution is -2.35. The second kappa shape index (κ2) is 7.30. The van der Waals surface area contributed by atoms with E-state index in [2.05, 4.69) is 41.3 Å². The first kappa shape index (κ1) is 16.9. The van der Waals surface area contributed by atoms with Crippen molar-refractivity contribution < 1.29 is 4.79 Å². The highest BCUT2D eigenvalue weighted by Gasteiger charge is 2.27. The first-order valence-corrected chi connectivity index (χ1v) is 8.36. The number of amides is 1. The Balaban J connectivity index is 2.05. The highest BCUT2D eigenvalue weighted by atomic mass is 16.2. The Labute approximate surface area is 147 Å². The lowest BCUT2D eigenvalue weighted by atomic mass is 9.97. The molecule has 0 bridgehead atoms. The van der Waals surface area contributed by atoms with Crippen LogP contribution in [0.15, 0.2) is 61.2 Å². The van der Waals surface area contributed by atoms with Crippen LogP contribution < -0.4 is 0 Å². The first-order valence-electron chi connectivity index (χ1n) is 8.36. The summed E-state index contributed by atoms with van der Waals surface area (Å²) in [7, 11) is 1.81. The quantitative estimate of drug-likeness (QED) is 0.719. The summed E-state index contributed by atoms with van der Waals surface area (Å²) in [4.78, 5) is 19.2. The molecule has 0 fully saturated rings. The third-order valence-electron chi connectivity index (χ3n) is 4.26. The fraction of sp³-hybridized carbons (Fsp3) is 0.250. The number of rotatable bonds is 5. The van der Waals surface area contributed by atoms with Gasteiger partial charge in [-0.2, -0.15) is 5.10 Å². The molecule has 5 nitrogen and oxygen atoms in total. The third kappa shape index (κ3) is 3.60. The van der Waals surface area contributed by atoms with E-state index in [1.54, 1.807) is 23.3 Å². The van der Waals surface area contributed by atoms with Crippen molar-refractivity contribution >= 4 is 5.91 Å². The van der Waals surface area contributed by atoms with Crippen LogP contribution in [0.4, 0.5) is 0 Å². The van der Waals surface area contributed by atoms with Crippen LogP contribution in [0, 0.1) is 6.92 Å². The molecule has 0 saturated carbocycles. The molecular formula is C20H22N4O. The standard InChI is InChI=1S/C20H22N4O/c1-4-24(20(25)18-13-22-23(3)14-18)19(17-6-5-11-21-12-17)16-9-7-15(2)8-10-16/h5-14,19H,4H2,1-3H3/t19-/m0/s1. The van der Waals surface area contributed by atoms with E-state index < -0.39 is 0 Å². The topological polar surface area (TPSA) is 51.0 Å². The van der Waals surface area contributed by atoms with Crippen LogP contribution in [0.1, 0.15) is 40.0 Å². The summed E-state index contributed by atoms with van der Waals surface area (Å²) >= 11 is 0. The number of aryl methyl sites for hydroxylation is 2. The highest BCUT2D eigenvalue weighted by Crippen LogP contribution is 2.29. The molecule has 5 heteroatoms. The zero-order chi connectivity index (χ0) is 17.8. The number of pyridine rings is 1. The fourth-order valence-electron chi connectivity index (χ4n) is 2.98. The average molecular weight is 334 g/mol. The van der Waals surface area contributed by atoms with Crippen LogP contribution in [0.25, 0.3) is 0 Å². The van der Waals surface area contributed by atoms with E-state index >= 15 is 0 Å². The van der Waals surface area contributed by atoms with E-state index in [4.69, 9.17) is 0 Å². The third-order valence-corrected chi connectivity index (χ3v) is 4.26. The molecule has 1 amide bonds. The minimum Gasteiger partial charge on any atom is -0.328 e. The van der Waals surface area contributed by atoms with E-state index in [9.17, 15) is 4.79 Å². The monoisotopic (exact) mass is 334 g/mol. The van der Waals surface area contributed by atoms with Crippen molar-refractivity contribution in [1.82, 2.24) is 19.7 Å². The lowest BCUT2D eigenvalue weighted by Gasteiger charge is -2.31. The van der Waals surface area contributed by atoms with Crippen molar-refractivity contribution in [2.75, 3.05) is 6.54 Å². The molecule has 0 saturated heterocycles. The summed E-state index contributed by atoms with van der Waals surface area (Å²) in [6.45, 7) is 4.63. The molecule has 0 unspecified atom stereocenters. The van der Waals surface area contributed by atoms with Crippen LogP contribution in [0.3, 0.4) is 0 Å². The molecule has 0 spiro atoms. The molecule has 3 aromatic rings. The van der Waals surface area contributed by atoms with E-state index in [0.717, 1.165) is 11.1 Å². The van der Waals surface area contributed by atoms with Crippen LogP contribution in [-0.4, -0.2) is 32.1 Å². The molecule has 0 aliphatic rings. The van der Waals surface area contributed by atoms with Gasteiger partial charge in [0, 0.05) is 32.2 Å². The van der Waals surface area contributed by atoms with Crippen LogP contribution in [0.5, 0.6) is 0 Å². The van der Waals surface area contributed by atoms with Crippen molar-refractivity contribution in [3.63, 3.8) is 0 Å². The fourth-order valence-corrected chi connectivity index (χ4v) is 2.98. The summed E-state index contributed by atoms with van der Waals surface area (Å²) in [5.41, 5.74) is 3.84. The van der Waals surface area contributed by atoms with E-state index in [1.165, 1.54) is 5.56 Å². The molecule has 25 heavy (non-hydrogen) atoms. The van der Waals surface area contributed by atoms with Crippen molar-refractivity contribution in [2.24, 2.45) is 7.05 Å². The Bertz CT molecular complexity index is 840. The highest BCUT2D eigenvalue weighted by molar-refractivity contribution is 5.94. The van der Waals surface area contributed by atoms with Gasteiger partial charge in [0.05, 0.1) is 17.8 Å². The average Bonchev–Trinajstić information content (AvgIpc) is 3.07. The Morgan fingerprint density at radius 3 is 2.48 bits per heavy atom. The van der Waals surface area contributed by atoms with Gasteiger partial charge in [-0.05, 0) is 31.0 Å². The maximum Gasteiger partial charge on any atom is 0.257 e. The van der Waals surface area contributed by atoms with Gasteiger partial charge in [0.1, 0.15) is 0 Å². The molecule has 2 aromatic heterocycles. The summed E-state index contributed by atoms with van der Waals surface area (Å²) < 4.78 is 1.64. The normalized spacial score (nSPS) is 12.0. The van der Waals surface area contributed by atoms with Gasteiger partial charge in [-0.3, -0.25) is 14.5 Å². The smallest absolute Gasteiger partial charge is 0.257 e. The second-order valence-electron chi connectivity index (χ2n) is 6.09. The molecular weight excluding hydrogens is 312 g/mol. The summed E-state index contributed by atoms with van der Waals surface area (Å²) in [5, 5.41) is 4.13. The van der Waals surface area contributed by atoms with Crippen LogP contribution in [-0.2, 0) is 7.05 Å². The second-order valence-corrected chi connectivity index (χ2v) is 6.09. The molecule has 3 rings (SSSR count). The Morgan fingerprint density at radius 1 is 1.16 bits per heavy atom. The molecule has 1 aromatic carbocycles. The van der Waals surface area contributed by atoms with Gasteiger partial charge < -0.3 is 4.90 Å². The molecule has 0 aliphatic carbocycles. The van der Waals surface area contributed by atoms with Crippen molar-refractivity contribution in [3.05, 3.63) is 83.4 Å². The molecule has 1 atom stereocenters. The van der Waals surface area contributed by atoms with Gasteiger partial charge in [-0.15, -0.1) is 0 Å². The predicted molar refractivity (Wildman–Crippen MR) is 97.2 cm³/mol. The largest absolute Gasteiger partial charge is 0.328 e. The number of hydrogen-bond acceptors (Lipinski definition) is 3. The van der Waals surface area contributed by atoms with Crippen molar-refractivity contribution in [2.45, 2.75) is 19.9 Å². The number of hydrogen-bond donors (Lipinski definition) is 0. The van der Waals surface area contributed by atoms with E-state index in [1.807, 2.05) is 37.2 Å². The SMILES string of the molecule is CCN(C(=O)c1cnn(C)c1)[C@@H](c1ccc(C)cc1)c1cccnc1.